The number of carbonyl (C=O) groups is 1. The Morgan fingerprint density at radius 1 is 1.00 bits per heavy atom. The van der Waals surface area contributed by atoms with Crippen LogP contribution >= 0.6 is 11.6 Å². The summed E-state index contributed by atoms with van der Waals surface area (Å²) >= 11 is 6.28. The zero-order valence-electron chi connectivity index (χ0n) is 15.4. The van der Waals surface area contributed by atoms with Crippen LogP contribution in [-0.2, 0) is 11.2 Å². The molecule has 0 aliphatic carbocycles. The molecule has 28 heavy (non-hydrogen) atoms. The molecule has 3 aromatic carbocycles. The molecule has 0 unspecified atom stereocenters. The number of carbonyl (C=O) groups excluding carboxylic acids is 1. The number of nitrogens with zero attached hydrogens (tertiary/aromatic N) is 1. The highest BCUT2D eigenvalue weighted by Crippen LogP contribution is 2.22. The van der Waals surface area contributed by atoms with Crippen LogP contribution in [0.25, 0.3) is 6.08 Å². The van der Waals surface area contributed by atoms with Crippen LogP contribution in [0.5, 0.6) is 0 Å². The fourth-order valence-electron chi connectivity index (χ4n) is 2.82. The van der Waals surface area contributed by atoms with E-state index in [-0.39, 0.29) is 5.57 Å². The van der Waals surface area contributed by atoms with E-state index in [0.29, 0.717) is 17.1 Å². The predicted octanol–water partition coefficient (Wildman–Crippen LogP) is 5.78. The zero-order chi connectivity index (χ0) is 19.9. The largest absolute Gasteiger partial charge is 0.321 e. The summed E-state index contributed by atoms with van der Waals surface area (Å²) in [6, 6.07) is 24.8. The van der Waals surface area contributed by atoms with Gasteiger partial charge in [0.05, 0.1) is 0 Å². The number of nitriles is 1. The maximum atomic E-state index is 12.5. The summed E-state index contributed by atoms with van der Waals surface area (Å²) in [5.41, 5.74) is 4.60. The highest BCUT2D eigenvalue weighted by Gasteiger charge is 2.11. The van der Waals surface area contributed by atoms with Crippen LogP contribution in [0, 0.1) is 18.3 Å². The smallest absolute Gasteiger partial charge is 0.266 e. The second kappa shape index (κ2) is 9.03. The quantitative estimate of drug-likeness (QED) is 0.446. The third kappa shape index (κ3) is 4.88. The maximum Gasteiger partial charge on any atom is 0.266 e. The van der Waals surface area contributed by atoms with Gasteiger partial charge in [-0.05, 0) is 54.3 Å². The number of hydrogen-bond acceptors (Lipinski definition) is 2. The minimum absolute atomic E-state index is 0.0483. The van der Waals surface area contributed by atoms with Gasteiger partial charge in [-0.2, -0.15) is 5.26 Å². The van der Waals surface area contributed by atoms with Crippen LogP contribution in [0.3, 0.4) is 0 Å². The topological polar surface area (TPSA) is 52.9 Å². The fourth-order valence-corrected chi connectivity index (χ4v) is 3.02. The summed E-state index contributed by atoms with van der Waals surface area (Å²) in [5, 5.41) is 13.0. The van der Waals surface area contributed by atoms with Crippen molar-refractivity contribution in [2.45, 2.75) is 13.3 Å². The number of nitrogens with one attached hydrogen (secondary N) is 1. The predicted molar refractivity (Wildman–Crippen MR) is 114 cm³/mol. The third-order valence-electron chi connectivity index (χ3n) is 4.37. The summed E-state index contributed by atoms with van der Waals surface area (Å²) in [4.78, 5) is 12.5. The van der Waals surface area contributed by atoms with E-state index < -0.39 is 5.91 Å². The van der Waals surface area contributed by atoms with Crippen LogP contribution < -0.4 is 5.32 Å². The molecular formula is C24H19ClN2O. The summed E-state index contributed by atoms with van der Waals surface area (Å²) in [7, 11) is 0. The van der Waals surface area contributed by atoms with E-state index in [0.717, 1.165) is 22.3 Å². The molecule has 138 valence electrons. The van der Waals surface area contributed by atoms with E-state index in [1.807, 2.05) is 85.8 Å². The van der Waals surface area contributed by atoms with Crippen molar-refractivity contribution in [1.29, 1.82) is 5.26 Å². The Bertz CT molecular complexity index is 1060. The zero-order valence-corrected chi connectivity index (χ0v) is 16.2. The normalized spacial score (nSPS) is 11.0. The lowest BCUT2D eigenvalue weighted by Gasteiger charge is -2.09. The minimum atomic E-state index is -0.432. The Morgan fingerprint density at radius 3 is 2.32 bits per heavy atom. The Labute approximate surface area is 169 Å². The van der Waals surface area contributed by atoms with Gasteiger partial charge in [-0.1, -0.05) is 71.8 Å². The first kappa shape index (κ1) is 19.4. The van der Waals surface area contributed by atoms with Crippen molar-refractivity contribution in [3.05, 3.63) is 106 Å². The molecule has 1 N–H and O–H groups in total. The lowest BCUT2D eigenvalue weighted by Crippen LogP contribution is -2.13. The van der Waals surface area contributed by atoms with Crippen molar-refractivity contribution in [2.24, 2.45) is 0 Å². The molecule has 0 saturated heterocycles. The molecule has 0 bridgehead atoms. The molecule has 0 heterocycles. The van der Waals surface area contributed by atoms with E-state index in [4.69, 9.17) is 11.6 Å². The second-order valence-corrected chi connectivity index (χ2v) is 6.86. The molecule has 0 fully saturated rings. The number of benzene rings is 3. The highest BCUT2D eigenvalue weighted by atomic mass is 35.5. The molecule has 0 aromatic heterocycles. The molecule has 1 amide bonds. The first-order valence-electron chi connectivity index (χ1n) is 8.88. The van der Waals surface area contributed by atoms with Gasteiger partial charge in [0, 0.05) is 10.7 Å². The number of anilines is 1. The standard InChI is InChI=1S/C24H19ClN2O/c1-17-10-12-22(13-11-17)27-24(28)21(16-26)15-19-7-3-2-6-18(19)14-20-8-4-5-9-23(20)25/h2-13,15H,14H2,1H3,(H,27,28)/b21-15+. The Kier molecular flexibility index (Phi) is 6.26. The average molecular weight is 387 g/mol. The third-order valence-corrected chi connectivity index (χ3v) is 4.74. The van der Waals surface area contributed by atoms with Gasteiger partial charge in [-0.25, -0.2) is 0 Å². The van der Waals surface area contributed by atoms with Crippen molar-refractivity contribution in [1.82, 2.24) is 0 Å². The molecule has 0 spiro atoms. The number of amides is 1. The van der Waals surface area contributed by atoms with E-state index in [9.17, 15) is 10.1 Å². The fraction of sp³-hybridized carbons (Fsp3) is 0.0833. The van der Waals surface area contributed by atoms with Crippen molar-refractivity contribution < 1.29 is 4.79 Å². The first-order chi connectivity index (χ1) is 13.6. The first-order valence-corrected chi connectivity index (χ1v) is 9.26. The number of halogens is 1. The average Bonchev–Trinajstić information content (AvgIpc) is 2.70. The van der Waals surface area contributed by atoms with Crippen molar-refractivity contribution in [2.75, 3.05) is 5.32 Å². The summed E-state index contributed by atoms with van der Waals surface area (Å²) in [5.74, 6) is -0.432. The van der Waals surface area contributed by atoms with Gasteiger partial charge in [0.15, 0.2) is 0 Å². The van der Waals surface area contributed by atoms with Gasteiger partial charge in [-0.15, -0.1) is 0 Å². The van der Waals surface area contributed by atoms with Crippen LogP contribution in [0.2, 0.25) is 5.02 Å². The highest BCUT2D eigenvalue weighted by molar-refractivity contribution is 6.31. The van der Waals surface area contributed by atoms with E-state index in [2.05, 4.69) is 5.32 Å². The van der Waals surface area contributed by atoms with Crippen LogP contribution in [0.1, 0.15) is 22.3 Å². The number of rotatable bonds is 5. The van der Waals surface area contributed by atoms with Crippen LogP contribution in [-0.4, -0.2) is 5.91 Å². The second-order valence-electron chi connectivity index (χ2n) is 6.46. The summed E-state index contributed by atoms with van der Waals surface area (Å²) in [6.45, 7) is 1.97. The molecule has 0 aliphatic heterocycles. The molecular weight excluding hydrogens is 368 g/mol. The van der Waals surface area contributed by atoms with Crippen molar-refractivity contribution in [3.63, 3.8) is 0 Å². The molecule has 3 rings (SSSR count). The summed E-state index contributed by atoms with van der Waals surface area (Å²) in [6.07, 6.45) is 2.24. The van der Waals surface area contributed by atoms with Gasteiger partial charge in [0.25, 0.3) is 5.91 Å². The van der Waals surface area contributed by atoms with E-state index in [1.54, 1.807) is 6.08 Å². The maximum absolute atomic E-state index is 12.5. The SMILES string of the molecule is Cc1ccc(NC(=O)/C(C#N)=C/c2ccccc2Cc2ccccc2Cl)cc1. The molecule has 3 nitrogen and oxygen atoms in total. The Morgan fingerprint density at radius 2 is 1.64 bits per heavy atom. The van der Waals surface area contributed by atoms with Gasteiger partial charge in [0.2, 0.25) is 0 Å². The molecule has 0 atom stereocenters. The van der Waals surface area contributed by atoms with Crippen molar-refractivity contribution in [3.8, 4) is 6.07 Å². The molecule has 0 radical (unpaired) electrons. The van der Waals surface area contributed by atoms with Gasteiger partial charge >= 0.3 is 0 Å². The number of hydrogen-bond donors (Lipinski definition) is 1. The molecule has 4 heteroatoms. The van der Waals surface area contributed by atoms with Gasteiger partial charge in [0.1, 0.15) is 11.6 Å². The van der Waals surface area contributed by atoms with E-state index >= 15 is 0 Å². The van der Waals surface area contributed by atoms with E-state index in [1.165, 1.54) is 0 Å². The minimum Gasteiger partial charge on any atom is -0.321 e. The Balaban J connectivity index is 1.86. The van der Waals surface area contributed by atoms with Crippen LogP contribution in [0.4, 0.5) is 5.69 Å². The van der Waals surface area contributed by atoms with Crippen LogP contribution in [0.15, 0.2) is 78.4 Å². The number of aryl methyl sites for hydroxylation is 1. The lowest BCUT2D eigenvalue weighted by molar-refractivity contribution is -0.112. The molecule has 0 aliphatic rings. The molecule has 0 saturated carbocycles. The lowest BCUT2D eigenvalue weighted by atomic mass is 9.98. The Hall–Kier alpha value is -3.35. The van der Waals surface area contributed by atoms with Crippen molar-refractivity contribution >= 4 is 29.3 Å². The summed E-state index contributed by atoms with van der Waals surface area (Å²) < 4.78 is 0. The molecule has 3 aromatic rings. The van der Waals surface area contributed by atoms with Gasteiger partial charge < -0.3 is 5.32 Å². The van der Waals surface area contributed by atoms with Gasteiger partial charge in [-0.3, -0.25) is 4.79 Å². The monoisotopic (exact) mass is 386 g/mol.